The van der Waals surface area contributed by atoms with Crippen molar-refractivity contribution in [1.82, 2.24) is 19.6 Å². The first-order valence-corrected chi connectivity index (χ1v) is 11.2. The van der Waals surface area contributed by atoms with E-state index < -0.39 is 10.0 Å². The third kappa shape index (κ3) is 3.53. The maximum Gasteiger partial charge on any atom is 0.258 e. The molecule has 9 heteroatoms. The summed E-state index contributed by atoms with van der Waals surface area (Å²) in [6.07, 6.45) is 8.62. The van der Waals surface area contributed by atoms with Gasteiger partial charge in [0.05, 0.1) is 24.2 Å². The van der Waals surface area contributed by atoms with E-state index in [1.54, 1.807) is 11.1 Å². The molecule has 2 aromatic rings. The molecule has 3 heterocycles. The van der Waals surface area contributed by atoms with Crippen molar-refractivity contribution in [3.8, 4) is 0 Å². The highest BCUT2D eigenvalue weighted by Crippen LogP contribution is 2.38. The third-order valence-electron chi connectivity index (χ3n) is 5.68. The largest absolute Gasteiger partial charge is 0.349 e. The van der Waals surface area contributed by atoms with E-state index in [1.165, 1.54) is 6.26 Å². The highest BCUT2D eigenvalue weighted by Gasteiger charge is 2.35. The van der Waals surface area contributed by atoms with Gasteiger partial charge in [0.25, 0.3) is 5.91 Å². The van der Waals surface area contributed by atoms with E-state index in [-0.39, 0.29) is 5.91 Å². The summed E-state index contributed by atoms with van der Waals surface area (Å²) in [4.78, 5) is 24.2. The molecule has 1 amide bonds. The summed E-state index contributed by atoms with van der Waals surface area (Å²) in [5, 5.41) is 0.981. The van der Waals surface area contributed by atoms with Crippen molar-refractivity contribution in [2.24, 2.45) is 5.92 Å². The Hall–Kier alpha value is -2.13. The van der Waals surface area contributed by atoms with Gasteiger partial charge >= 0.3 is 0 Å². The molecule has 0 aromatic carbocycles. The summed E-state index contributed by atoms with van der Waals surface area (Å²) in [5.41, 5.74) is 2.42. The van der Waals surface area contributed by atoms with E-state index in [2.05, 4.69) is 19.6 Å². The number of amides is 1. The molecule has 27 heavy (non-hydrogen) atoms. The molecule has 0 atom stereocenters. The molecule has 2 aromatic heterocycles. The lowest BCUT2D eigenvalue weighted by molar-refractivity contribution is 0.0774. The highest BCUT2D eigenvalue weighted by atomic mass is 32.2. The van der Waals surface area contributed by atoms with Crippen molar-refractivity contribution in [2.75, 3.05) is 31.4 Å². The van der Waals surface area contributed by atoms with Crippen LogP contribution in [0.25, 0.3) is 11.0 Å². The Morgan fingerprint density at radius 1 is 1.30 bits per heavy atom. The number of aromatic amines is 1. The summed E-state index contributed by atoms with van der Waals surface area (Å²) < 4.78 is 25.3. The SMILES string of the molecule is CN1CN(C2CCC(CNS(C)(=O)=O)CC2)c2c(cnc3[nH]ccc23)C1=O. The summed E-state index contributed by atoms with van der Waals surface area (Å²) in [6, 6.07) is 2.31. The van der Waals surface area contributed by atoms with Crippen molar-refractivity contribution in [3.05, 3.63) is 24.0 Å². The zero-order valence-electron chi connectivity index (χ0n) is 15.6. The molecule has 0 radical (unpaired) electrons. The van der Waals surface area contributed by atoms with Crippen LogP contribution in [0.2, 0.25) is 0 Å². The number of hydrogen-bond acceptors (Lipinski definition) is 5. The van der Waals surface area contributed by atoms with Gasteiger partial charge in [0.2, 0.25) is 10.0 Å². The molecule has 1 aliphatic carbocycles. The van der Waals surface area contributed by atoms with Crippen molar-refractivity contribution in [2.45, 2.75) is 31.7 Å². The zero-order chi connectivity index (χ0) is 19.2. The smallest absolute Gasteiger partial charge is 0.258 e. The highest BCUT2D eigenvalue weighted by molar-refractivity contribution is 7.88. The fourth-order valence-corrected chi connectivity index (χ4v) is 4.80. The van der Waals surface area contributed by atoms with Crippen LogP contribution in [0.4, 0.5) is 5.69 Å². The van der Waals surface area contributed by atoms with Gasteiger partial charge in [-0.15, -0.1) is 0 Å². The molecular formula is C18H25N5O3S. The fourth-order valence-electron chi connectivity index (χ4n) is 4.26. The molecule has 0 spiro atoms. The Kier molecular flexibility index (Phi) is 4.59. The van der Waals surface area contributed by atoms with Gasteiger partial charge in [-0.1, -0.05) is 0 Å². The van der Waals surface area contributed by atoms with Gasteiger partial charge in [0.15, 0.2) is 0 Å². The van der Waals surface area contributed by atoms with E-state index in [0.717, 1.165) is 42.4 Å². The van der Waals surface area contributed by atoms with Crippen molar-refractivity contribution in [1.29, 1.82) is 0 Å². The van der Waals surface area contributed by atoms with E-state index in [4.69, 9.17) is 0 Å². The maximum absolute atomic E-state index is 12.6. The van der Waals surface area contributed by atoms with Gasteiger partial charge in [-0.3, -0.25) is 4.79 Å². The van der Waals surface area contributed by atoms with Crippen LogP contribution in [-0.4, -0.2) is 61.8 Å². The molecule has 1 aliphatic heterocycles. The molecule has 146 valence electrons. The van der Waals surface area contributed by atoms with Gasteiger partial charge in [0, 0.05) is 37.4 Å². The number of nitrogens with zero attached hydrogens (tertiary/aromatic N) is 3. The van der Waals surface area contributed by atoms with Crippen molar-refractivity contribution < 1.29 is 13.2 Å². The number of fused-ring (bicyclic) bond motifs is 3. The number of carbonyl (C=O) groups is 1. The summed E-state index contributed by atoms with van der Waals surface area (Å²) in [6.45, 7) is 1.07. The van der Waals surface area contributed by atoms with Gasteiger partial charge in [0.1, 0.15) is 5.65 Å². The number of rotatable bonds is 4. The Morgan fingerprint density at radius 2 is 2.04 bits per heavy atom. The third-order valence-corrected chi connectivity index (χ3v) is 6.37. The number of nitrogens with one attached hydrogen (secondary N) is 2. The Morgan fingerprint density at radius 3 is 2.74 bits per heavy atom. The molecule has 0 saturated heterocycles. The van der Waals surface area contributed by atoms with Crippen LogP contribution in [-0.2, 0) is 10.0 Å². The van der Waals surface area contributed by atoms with Gasteiger partial charge < -0.3 is 14.8 Å². The number of hydrogen-bond donors (Lipinski definition) is 2. The second-order valence-electron chi connectivity index (χ2n) is 7.67. The first-order valence-electron chi connectivity index (χ1n) is 9.26. The molecule has 1 fully saturated rings. The second kappa shape index (κ2) is 6.79. The minimum atomic E-state index is -3.14. The van der Waals surface area contributed by atoms with Crippen molar-refractivity contribution >= 4 is 32.7 Å². The van der Waals surface area contributed by atoms with Crippen LogP contribution >= 0.6 is 0 Å². The molecule has 0 bridgehead atoms. The number of aromatic nitrogens is 2. The quantitative estimate of drug-likeness (QED) is 0.823. The van der Waals surface area contributed by atoms with Gasteiger partial charge in [-0.2, -0.15) is 0 Å². The predicted molar refractivity (Wildman–Crippen MR) is 104 cm³/mol. The molecule has 2 aliphatic rings. The van der Waals surface area contributed by atoms with Crippen LogP contribution in [0.5, 0.6) is 0 Å². The van der Waals surface area contributed by atoms with E-state index in [9.17, 15) is 13.2 Å². The lowest BCUT2D eigenvalue weighted by Gasteiger charge is -2.43. The van der Waals surface area contributed by atoms with Crippen LogP contribution in [0, 0.1) is 5.92 Å². The zero-order valence-corrected chi connectivity index (χ0v) is 16.4. The lowest BCUT2D eigenvalue weighted by Crippen LogP contribution is -2.50. The van der Waals surface area contributed by atoms with Gasteiger partial charge in [-0.25, -0.2) is 18.1 Å². The maximum atomic E-state index is 12.6. The van der Waals surface area contributed by atoms with Crippen LogP contribution in [0.1, 0.15) is 36.0 Å². The van der Waals surface area contributed by atoms with E-state index in [1.807, 2.05) is 19.3 Å². The summed E-state index contributed by atoms with van der Waals surface area (Å²) in [5.74, 6) is 0.368. The van der Waals surface area contributed by atoms with Gasteiger partial charge in [-0.05, 0) is 37.7 Å². The lowest BCUT2D eigenvalue weighted by atomic mass is 9.85. The molecule has 2 N–H and O–H groups in total. The Balaban J connectivity index is 1.56. The number of anilines is 1. The van der Waals surface area contributed by atoms with E-state index >= 15 is 0 Å². The second-order valence-corrected chi connectivity index (χ2v) is 9.50. The van der Waals surface area contributed by atoms with Crippen LogP contribution in [0.15, 0.2) is 18.5 Å². The van der Waals surface area contributed by atoms with Crippen LogP contribution in [0.3, 0.4) is 0 Å². The first kappa shape index (κ1) is 18.2. The minimum absolute atomic E-state index is 0.00267. The van der Waals surface area contributed by atoms with E-state index in [0.29, 0.717) is 30.7 Å². The molecular weight excluding hydrogens is 366 g/mol. The monoisotopic (exact) mass is 391 g/mol. The number of H-pyrrole nitrogens is 1. The molecule has 4 rings (SSSR count). The average Bonchev–Trinajstić information content (AvgIpc) is 3.11. The minimum Gasteiger partial charge on any atom is -0.349 e. The number of carbonyl (C=O) groups excluding carboxylic acids is 1. The summed E-state index contributed by atoms with van der Waals surface area (Å²) in [7, 11) is -1.32. The Bertz CT molecular complexity index is 963. The number of sulfonamides is 1. The molecule has 8 nitrogen and oxygen atoms in total. The topological polar surface area (TPSA) is 98.4 Å². The standard InChI is InChI=1S/C18H25N5O3S/c1-22-11-23(13-5-3-12(4-6-13)9-21-27(2,25)26)16-14-7-8-19-17(14)20-10-15(16)18(22)24/h7-8,10,12-13,21H,3-6,9,11H2,1-2H3,(H,19,20). The summed E-state index contributed by atoms with van der Waals surface area (Å²) >= 11 is 0. The van der Waals surface area contributed by atoms with Crippen molar-refractivity contribution in [3.63, 3.8) is 0 Å². The molecule has 1 saturated carbocycles. The predicted octanol–water partition coefficient (Wildman–Crippen LogP) is 1.52. The molecule has 0 unspecified atom stereocenters. The Labute approximate surface area is 159 Å². The number of pyridine rings is 1. The first-order chi connectivity index (χ1) is 12.8. The normalized spacial score (nSPS) is 23.7. The van der Waals surface area contributed by atoms with Crippen LogP contribution < -0.4 is 9.62 Å². The fraction of sp³-hybridized carbons (Fsp3) is 0.556. The average molecular weight is 391 g/mol.